The number of benzene rings is 1. The van der Waals surface area contributed by atoms with Crippen molar-refractivity contribution in [2.75, 3.05) is 13.2 Å². The van der Waals surface area contributed by atoms with Gasteiger partial charge in [0.2, 0.25) is 0 Å². The highest BCUT2D eigenvalue weighted by Crippen LogP contribution is 2.31. The molecule has 1 aromatic rings. The van der Waals surface area contributed by atoms with Crippen LogP contribution >= 0.6 is 0 Å². The Morgan fingerprint density at radius 1 is 1.33 bits per heavy atom. The van der Waals surface area contributed by atoms with E-state index in [1.54, 1.807) is 32.9 Å². The molecule has 9 heteroatoms. The fraction of sp³-hybridized carbons (Fsp3) is 0.556. The molecule has 0 saturated heterocycles. The zero-order valence-corrected chi connectivity index (χ0v) is 16.1. The van der Waals surface area contributed by atoms with Crippen molar-refractivity contribution < 1.29 is 33.8 Å². The normalized spacial score (nSPS) is 16.0. The topological polar surface area (TPSA) is 114 Å². The van der Waals surface area contributed by atoms with E-state index in [0.717, 1.165) is 5.56 Å². The number of hydrogen-bond acceptors (Lipinski definition) is 6. The van der Waals surface area contributed by atoms with Crippen LogP contribution in [0.4, 0.5) is 4.79 Å². The van der Waals surface area contributed by atoms with E-state index in [0.29, 0.717) is 36.3 Å². The standard InChI is InChI=1S/C18H26BNO7/c1-11-8-12(25-7-5-6-20-17(23)26-18(2,3)4)9-13-16(11)14(10-15(21)22)27-19(13)24/h8-9,14,24H,5-7,10H2,1-4H3,(H,20,23)(H,21,22). The van der Waals surface area contributed by atoms with E-state index in [4.69, 9.17) is 19.2 Å². The van der Waals surface area contributed by atoms with Gasteiger partial charge in [-0.2, -0.15) is 0 Å². The van der Waals surface area contributed by atoms with E-state index in [-0.39, 0.29) is 6.42 Å². The molecular formula is C18H26BNO7. The first kappa shape index (κ1) is 21.0. The van der Waals surface area contributed by atoms with Crippen LogP contribution in [0.25, 0.3) is 0 Å². The summed E-state index contributed by atoms with van der Waals surface area (Å²) in [5, 5.41) is 21.7. The second kappa shape index (κ2) is 8.62. The molecular weight excluding hydrogens is 353 g/mol. The molecule has 1 heterocycles. The van der Waals surface area contributed by atoms with Crippen molar-refractivity contribution in [1.82, 2.24) is 5.32 Å². The van der Waals surface area contributed by atoms with Gasteiger partial charge in [-0.25, -0.2) is 4.79 Å². The summed E-state index contributed by atoms with van der Waals surface area (Å²) < 4.78 is 16.2. The molecule has 8 nitrogen and oxygen atoms in total. The number of aliphatic carboxylic acids is 1. The SMILES string of the molecule is Cc1cc(OCCCNC(=O)OC(C)(C)C)cc2c1C(CC(=O)O)OB2O. The minimum absolute atomic E-state index is 0.207. The smallest absolute Gasteiger partial charge is 0.492 e. The van der Waals surface area contributed by atoms with Crippen LogP contribution in [-0.4, -0.2) is 48.1 Å². The Labute approximate surface area is 158 Å². The van der Waals surface area contributed by atoms with E-state index in [9.17, 15) is 14.6 Å². The number of alkyl carbamates (subject to hydrolysis) is 1. The third-order valence-electron chi connectivity index (χ3n) is 3.89. The molecule has 27 heavy (non-hydrogen) atoms. The van der Waals surface area contributed by atoms with Gasteiger partial charge in [0, 0.05) is 6.54 Å². The molecule has 1 unspecified atom stereocenters. The van der Waals surface area contributed by atoms with Crippen molar-refractivity contribution in [2.24, 2.45) is 0 Å². The molecule has 0 aromatic heterocycles. The van der Waals surface area contributed by atoms with Gasteiger partial charge in [-0.15, -0.1) is 0 Å². The molecule has 1 aliphatic heterocycles. The number of carboxylic acids is 1. The van der Waals surface area contributed by atoms with Gasteiger partial charge in [0.05, 0.1) is 19.1 Å². The maximum atomic E-state index is 11.6. The van der Waals surface area contributed by atoms with Gasteiger partial charge in [0.15, 0.2) is 0 Å². The number of carbonyl (C=O) groups excluding carboxylic acids is 1. The van der Waals surface area contributed by atoms with Crippen LogP contribution in [0.1, 0.15) is 50.8 Å². The molecule has 1 amide bonds. The van der Waals surface area contributed by atoms with Crippen molar-refractivity contribution in [3.05, 3.63) is 23.3 Å². The lowest BCUT2D eigenvalue weighted by molar-refractivity contribution is -0.138. The van der Waals surface area contributed by atoms with Gasteiger partial charge in [-0.05, 0) is 62.8 Å². The number of fused-ring (bicyclic) bond motifs is 1. The lowest BCUT2D eigenvalue weighted by atomic mass is 9.77. The Morgan fingerprint density at radius 3 is 2.67 bits per heavy atom. The number of ether oxygens (including phenoxy) is 2. The van der Waals surface area contributed by atoms with E-state index in [2.05, 4.69) is 5.32 Å². The van der Waals surface area contributed by atoms with Gasteiger partial charge in [0.25, 0.3) is 0 Å². The van der Waals surface area contributed by atoms with E-state index >= 15 is 0 Å². The largest absolute Gasteiger partial charge is 0.494 e. The van der Waals surface area contributed by atoms with Crippen LogP contribution in [0.2, 0.25) is 0 Å². The number of carboxylic acid groups (broad SMARTS) is 1. The zero-order valence-electron chi connectivity index (χ0n) is 16.1. The fourth-order valence-electron chi connectivity index (χ4n) is 2.89. The summed E-state index contributed by atoms with van der Waals surface area (Å²) in [7, 11) is -1.17. The lowest BCUT2D eigenvalue weighted by Crippen LogP contribution is -2.33. The van der Waals surface area contributed by atoms with Gasteiger partial charge in [-0.1, -0.05) is 0 Å². The van der Waals surface area contributed by atoms with Crippen molar-refractivity contribution >= 4 is 24.6 Å². The summed E-state index contributed by atoms with van der Waals surface area (Å²) in [6, 6.07) is 3.45. The molecule has 0 aliphatic carbocycles. The molecule has 148 valence electrons. The van der Waals surface area contributed by atoms with Gasteiger partial charge >= 0.3 is 19.2 Å². The molecule has 3 N–H and O–H groups in total. The van der Waals surface area contributed by atoms with E-state index < -0.39 is 30.9 Å². The number of amides is 1. The highest BCUT2D eigenvalue weighted by atomic mass is 16.6. The predicted octanol–water partition coefficient (Wildman–Crippen LogP) is 1.52. The number of carbonyl (C=O) groups is 2. The third kappa shape index (κ3) is 6.14. The van der Waals surface area contributed by atoms with Crippen LogP contribution in [0.5, 0.6) is 5.75 Å². The van der Waals surface area contributed by atoms with Gasteiger partial charge in [0.1, 0.15) is 11.4 Å². The average Bonchev–Trinajstić information content (AvgIpc) is 2.81. The molecule has 0 fully saturated rings. The monoisotopic (exact) mass is 379 g/mol. The number of hydrogen-bond donors (Lipinski definition) is 3. The minimum Gasteiger partial charge on any atom is -0.494 e. The molecule has 1 aliphatic rings. The Balaban J connectivity index is 1.87. The van der Waals surface area contributed by atoms with Gasteiger partial charge in [-0.3, -0.25) is 4.79 Å². The first-order chi connectivity index (χ1) is 12.6. The first-order valence-corrected chi connectivity index (χ1v) is 8.86. The number of aryl methyl sites for hydroxylation is 1. The Hall–Kier alpha value is -2.26. The highest BCUT2D eigenvalue weighted by Gasteiger charge is 2.37. The predicted molar refractivity (Wildman–Crippen MR) is 99.2 cm³/mol. The van der Waals surface area contributed by atoms with E-state index in [1.807, 2.05) is 6.92 Å². The molecule has 0 radical (unpaired) electrons. The van der Waals surface area contributed by atoms with Crippen LogP contribution in [0.15, 0.2) is 12.1 Å². The van der Waals surface area contributed by atoms with Crippen LogP contribution in [0, 0.1) is 6.92 Å². The summed E-state index contributed by atoms with van der Waals surface area (Å²) in [5.74, 6) is -0.431. The molecule has 1 aromatic carbocycles. The molecule has 2 rings (SSSR count). The highest BCUT2D eigenvalue weighted by molar-refractivity contribution is 6.62. The van der Waals surface area contributed by atoms with Crippen molar-refractivity contribution in [1.29, 1.82) is 0 Å². The fourth-order valence-corrected chi connectivity index (χ4v) is 2.89. The average molecular weight is 379 g/mol. The van der Waals surface area contributed by atoms with E-state index in [1.165, 1.54) is 0 Å². The Kier molecular flexibility index (Phi) is 6.72. The van der Waals surface area contributed by atoms with Crippen molar-refractivity contribution in [3.8, 4) is 5.75 Å². The summed E-state index contributed by atoms with van der Waals surface area (Å²) in [5.41, 5.74) is 1.49. The van der Waals surface area contributed by atoms with Crippen molar-refractivity contribution in [3.63, 3.8) is 0 Å². The maximum Gasteiger partial charge on any atom is 0.492 e. The van der Waals surface area contributed by atoms with Gasteiger partial charge < -0.3 is 29.6 Å². The lowest BCUT2D eigenvalue weighted by Gasteiger charge is -2.19. The Bertz CT molecular complexity index is 702. The third-order valence-corrected chi connectivity index (χ3v) is 3.89. The van der Waals surface area contributed by atoms with Crippen molar-refractivity contribution in [2.45, 2.75) is 52.2 Å². The summed E-state index contributed by atoms with van der Waals surface area (Å²) in [6.45, 7) is 7.99. The molecule has 1 atom stereocenters. The zero-order chi connectivity index (χ0) is 20.2. The van der Waals surface area contributed by atoms with Crippen LogP contribution < -0.4 is 15.5 Å². The summed E-state index contributed by atoms with van der Waals surface area (Å²) >= 11 is 0. The minimum atomic E-state index is -1.17. The molecule has 0 bridgehead atoms. The second-order valence-corrected chi connectivity index (χ2v) is 7.45. The summed E-state index contributed by atoms with van der Waals surface area (Å²) in [6.07, 6.45) is -0.766. The quantitative estimate of drug-likeness (QED) is 0.486. The van der Waals surface area contributed by atoms with Crippen LogP contribution in [0.3, 0.4) is 0 Å². The number of rotatable bonds is 7. The first-order valence-electron chi connectivity index (χ1n) is 8.86. The summed E-state index contributed by atoms with van der Waals surface area (Å²) in [4.78, 5) is 22.5. The molecule has 0 saturated carbocycles. The second-order valence-electron chi connectivity index (χ2n) is 7.45. The van der Waals surface area contributed by atoms with Crippen LogP contribution in [-0.2, 0) is 14.2 Å². The Morgan fingerprint density at radius 2 is 2.04 bits per heavy atom. The molecule has 0 spiro atoms. The maximum absolute atomic E-state index is 11.6. The number of nitrogens with one attached hydrogen (secondary N) is 1.